The SMILES string of the molecule is CCN1C(=O)/C(=C/c2ccc(N(C)C)c(Br)c2)SC1=Nc1ccc(Br)c(Cl)c1. The molecule has 8 heteroatoms. The normalized spacial score (nSPS) is 17.1. The Morgan fingerprint density at radius 3 is 2.54 bits per heavy atom. The van der Waals surface area contributed by atoms with Crippen molar-refractivity contribution >= 4 is 83.7 Å². The van der Waals surface area contributed by atoms with Gasteiger partial charge in [-0.05, 0) is 92.5 Å². The lowest BCUT2D eigenvalue weighted by molar-refractivity contribution is -0.122. The smallest absolute Gasteiger partial charge is 0.266 e. The fourth-order valence-corrected chi connectivity index (χ4v) is 4.90. The second-order valence-corrected chi connectivity index (χ2v) is 9.38. The van der Waals surface area contributed by atoms with Crippen LogP contribution < -0.4 is 4.90 Å². The number of hydrogen-bond acceptors (Lipinski definition) is 4. The number of amides is 1. The number of thioether (sulfide) groups is 1. The zero-order valence-electron chi connectivity index (χ0n) is 15.5. The summed E-state index contributed by atoms with van der Waals surface area (Å²) in [5.74, 6) is -0.0396. The number of likely N-dealkylation sites (N-methyl/N-ethyl adjacent to an activating group) is 1. The molecule has 1 amide bonds. The second-order valence-electron chi connectivity index (χ2n) is 6.26. The lowest BCUT2D eigenvalue weighted by Crippen LogP contribution is -2.28. The van der Waals surface area contributed by atoms with Gasteiger partial charge < -0.3 is 4.90 Å². The molecule has 1 aliphatic rings. The fraction of sp³-hybridized carbons (Fsp3) is 0.200. The Hall–Kier alpha value is -1.28. The van der Waals surface area contributed by atoms with Crippen LogP contribution in [0.3, 0.4) is 0 Å². The summed E-state index contributed by atoms with van der Waals surface area (Å²) >= 11 is 14.5. The highest BCUT2D eigenvalue weighted by atomic mass is 79.9. The van der Waals surface area contributed by atoms with Gasteiger partial charge in [0.25, 0.3) is 5.91 Å². The highest BCUT2D eigenvalue weighted by molar-refractivity contribution is 9.11. The van der Waals surface area contributed by atoms with E-state index in [9.17, 15) is 4.79 Å². The summed E-state index contributed by atoms with van der Waals surface area (Å²) in [4.78, 5) is 21.8. The maximum absolute atomic E-state index is 12.8. The van der Waals surface area contributed by atoms with E-state index in [1.165, 1.54) is 11.8 Å². The molecule has 1 fully saturated rings. The zero-order chi connectivity index (χ0) is 20.4. The molecule has 0 N–H and O–H groups in total. The number of rotatable bonds is 4. The summed E-state index contributed by atoms with van der Waals surface area (Å²) in [7, 11) is 3.98. The highest BCUT2D eigenvalue weighted by Gasteiger charge is 2.32. The number of nitrogens with zero attached hydrogens (tertiary/aromatic N) is 3. The van der Waals surface area contributed by atoms with Gasteiger partial charge in [0.1, 0.15) is 0 Å². The van der Waals surface area contributed by atoms with E-state index >= 15 is 0 Å². The predicted octanol–water partition coefficient (Wildman–Crippen LogP) is 6.55. The molecule has 3 rings (SSSR count). The summed E-state index contributed by atoms with van der Waals surface area (Å²) in [6.45, 7) is 2.49. The van der Waals surface area contributed by atoms with Crippen LogP contribution in [-0.4, -0.2) is 36.6 Å². The molecule has 0 saturated carbocycles. The molecule has 2 aromatic carbocycles. The highest BCUT2D eigenvalue weighted by Crippen LogP contribution is 2.36. The molecule has 0 radical (unpaired) electrons. The van der Waals surface area contributed by atoms with Crippen LogP contribution in [0.2, 0.25) is 5.02 Å². The maximum atomic E-state index is 12.8. The zero-order valence-corrected chi connectivity index (χ0v) is 20.3. The van der Waals surface area contributed by atoms with E-state index in [0.29, 0.717) is 27.3 Å². The van der Waals surface area contributed by atoms with Gasteiger partial charge in [0.05, 0.1) is 21.3 Å². The molecule has 0 bridgehead atoms. The first-order valence-electron chi connectivity index (χ1n) is 8.52. The molecule has 2 aromatic rings. The predicted molar refractivity (Wildman–Crippen MR) is 128 cm³/mol. The van der Waals surface area contributed by atoms with E-state index in [2.05, 4.69) is 36.9 Å². The topological polar surface area (TPSA) is 35.9 Å². The average Bonchev–Trinajstić information content (AvgIpc) is 2.92. The van der Waals surface area contributed by atoms with Crippen molar-refractivity contribution in [1.82, 2.24) is 4.90 Å². The molecule has 1 saturated heterocycles. The van der Waals surface area contributed by atoms with Crippen LogP contribution >= 0.6 is 55.2 Å². The molecular formula is C20H18Br2ClN3OS. The van der Waals surface area contributed by atoms with Gasteiger partial charge in [0.2, 0.25) is 0 Å². The van der Waals surface area contributed by atoms with E-state index in [0.717, 1.165) is 20.2 Å². The Morgan fingerprint density at radius 2 is 1.93 bits per heavy atom. The Morgan fingerprint density at radius 1 is 1.18 bits per heavy atom. The van der Waals surface area contributed by atoms with Crippen LogP contribution in [0.4, 0.5) is 11.4 Å². The minimum absolute atomic E-state index is 0.0396. The summed E-state index contributed by atoms with van der Waals surface area (Å²) < 4.78 is 1.79. The third-order valence-corrected chi connectivity index (χ3v) is 6.96. The Kier molecular flexibility index (Phi) is 6.91. The molecule has 1 heterocycles. The number of halogens is 3. The molecule has 0 atom stereocenters. The van der Waals surface area contributed by atoms with Crippen molar-refractivity contribution in [2.24, 2.45) is 4.99 Å². The molecule has 0 aliphatic carbocycles. The molecule has 146 valence electrons. The van der Waals surface area contributed by atoms with Crippen molar-refractivity contribution in [3.8, 4) is 0 Å². The summed E-state index contributed by atoms with van der Waals surface area (Å²) in [6, 6.07) is 11.5. The van der Waals surface area contributed by atoms with Gasteiger partial charge in [0.15, 0.2) is 5.17 Å². The van der Waals surface area contributed by atoms with Gasteiger partial charge in [-0.1, -0.05) is 17.7 Å². The molecular weight excluding hydrogens is 526 g/mol. The van der Waals surface area contributed by atoms with Crippen molar-refractivity contribution in [3.05, 3.63) is 60.8 Å². The first-order chi connectivity index (χ1) is 13.3. The number of amidine groups is 1. The van der Waals surface area contributed by atoms with Gasteiger partial charge >= 0.3 is 0 Å². The number of anilines is 1. The summed E-state index contributed by atoms with van der Waals surface area (Å²) in [6.07, 6.45) is 1.90. The number of benzene rings is 2. The first-order valence-corrected chi connectivity index (χ1v) is 11.3. The summed E-state index contributed by atoms with van der Waals surface area (Å²) in [5.41, 5.74) is 2.75. The van der Waals surface area contributed by atoms with E-state index in [4.69, 9.17) is 11.6 Å². The van der Waals surface area contributed by atoms with Crippen molar-refractivity contribution in [3.63, 3.8) is 0 Å². The van der Waals surface area contributed by atoms with Gasteiger partial charge in [-0.15, -0.1) is 0 Å². The minimum atomic E-state index is -0.0396. The number of aliphatic imine (C=N–C) groups is 1. The van der Waals surface area contributed by atoms with Crippen molar-refractivity contribution in [1.29, 1.82) is 0 Å². The van der Waals surface area contributed by atoms with Crippen LogP contribution in [0.25, 0.3) is 6.08 Å². The lowest BCUT2D eigenvalue weighted by atomic mass is 10.2. The largest absolute Gasteiger partial charge is 0.377 e. The number of carbonyl (C=O) groups is 1. The molecule has 0 aromatic heterocycles. The maximum Gasteiger partial charge on any atom is 0.266 e. The van der Waals surface area contributed by atoms with Crippen LogP contribution in [0.5, 0.6) is 0 Å². The third-order valence-electron chi connectivity index (χ3n) is 4.08. The van der Waals surface area contributed by atoms with Crippen LogP contribution in [0.15, 0.2) is 55.2 Å². The van der Waals surface area contributed by atoms with Crippen LogP contribution in [0, 0.1) is 0 Å². The van der Waals surface area contributed by atoms with Crippen molar-refractivity contribution < 1.29 is 4.79 Å². The standard InChI is InChI=1S/C20H18Br2ClN3OS/c1-4-26-19(27)18(10-12-5-8-17(25(2)3)15(22)9-12)28-20(26)24-13-6-7-14(21)16(23)11-13/h5-11H,4H2,1-3H3/b18-10-,24-20?. The Labute approximate surface area is 190 Å². The molecule has 1 aliphatic heterocycles. The monoisotopic (exact) mass is 541 g/mol. The molecule has 28 heavy (non-hydrogen) atoms. The van der Waals surface area contributed by atoms with Gasteiger partial charge in [-0.25, -0.2) is 4.99 Å². The van der Waals surface area contributed by atoms with E-state index in [1.54, 1.807) is 11.0 Å². The first kappa shape index (κ1) is 21.4. The van der Waals surface area contributed by atoms with Crippen molar-refractivity contribution in [2.75, 3.05) is 25.5 Å². The second kappa shape index (κ2) is 9.03. The van der Waals surface area contributed by atoms with Gasteiger partial charge in [0, 0.05) is 29.6 Å². The number of carbonyl (C=O) groups excluding carboxylic acids is 1. The van der Waals surface area contributed by atoms with Crippen LogP contribution in [-0.2, 0) is 4.79 Å². The fourth-order valence-electron chi connectivity index (χ4n) is 2.66. The lowest BCUT2D eigenvalue weighted by Gasteiger charge is -2.14. The minimum Gasteiger partial charge on any atom is -0.377 e. The Balaban J connectivity index is 1.92. The quantitative estimate of drug-likeness (QED) is 0.410. The van der Waals surface area contributed by atoms with Gasteiger partial charge in [-0.2, -0.15) is 0 Å². The van der Waals surface area contributed by atoms with Crippen LogP contribution in [0.1, 0.15) is 12.5 Å². The van der Waals surface area contributed by atoms with Crippen molar-refractivity contribution in [2.45, 2.75) is 6.92 Å². The van der Waals surface area contributed by atoms with E-state index in [1.807, 2.05) is 62.3 Å². The van der Waals surface area contributed by atoms with E-state index < -0.39 is 0 Å². The average molecular weight is 544 g/mol. The molecule has 0 unspecified atom stereocenters. The Bertz CT molecular complexity index is 991. The summed E-state index contributed by atoms with van der Waals surface area (Å²) in [5, 5.41) is 1.24. The molecule has 0 spiro atoms. The number of hydrogen-bond donors (Lipinski definition) is 0. The molecule has 4 nitrogen and oxygen atoms in total. The van der Waals surface area contributed by atoms with Gasteiger partial charge in [-0.3, -0.25) is 9.69 Å². The third kappa shape index (κ3) is 4.64. The van der Waals surface area contributed by atoms with E-state index in [-0.39, 0.29) is 5.91 Å².